The van der Waals surface area contributed by atoms with Crippen LogP contribution in [0.5, 0.6) is 5.75 Å². The molecule has 0 unspecified atom stereocenters. The summed E-state index contributed by atoms with van der Waals surface area (Å²) >= 11 is 0. The Bertz CT molecular complexity index is 1030. The molecule has 9 heteroatoms. The van der Waals surface area contributed by atoms with E-state index in [1.165, 1.54) is 9.21 Å². The van der Waals surface area contributed by atoms with Crippen molar-refractivity contribution in [2.24, 2.45) is 0 Å². The molecule has 31 heavy (non-hydrogen) atoms. The molecule has 166 valence electrons. The SMILES string of the molecule is CN(C)C(=O)CN1[C@@H]2CCN(Cc3cccnc3)CC[C@H]2Oc2ccccc2S1(=O)=O. The number of amides is 1. The Kier molecular flexibility index (Phi) is 6.27. The van der Waals surface area contributed by atoms with Gasteiger partial charge in [0.2, 0.25) is 15.9 Å². The molecule has 2 aliphatic heterocycles. The molecule has 3 heterocycles. The minimum Gasteiger partial charge on any atom is -0.487 e. The molecular formula is C22H28N4O4S. The Morgan fingerprint density at radius 3 is 2.68 bits per heavy atom. The Hall–Kier alpha value is -2.49. The molecule has 2 aliphatic rings. The summed E-state index contributed by atoms with van der Waals surface area (Å²) in [7, 11) is -0.606. The van der Waals surface area contributed by atoms with Crippen LogP contribution in [0.25, 0.3) is 0 Å². The van der Waals surface area contributed by atoms with Crippen molar-refractivity contribution >= 4 is 15.9 Å². The number of ether oxygens (including phenoxy) is 1. The van der Waals surface area contributed by atoms with Crippen LogP contribution in [0.4, 0.5) is 0 Å². The summed E-state index contributed by atoms with van der Waals surface area (Å²) in [5.41, 5.74) is 1.11. The van der Waals surface area contributed by atoms with Gasteiger partial charge in [0.05, 0.1) is 12.6 Å². The zero-order valence-corrected chi connectivity index (χ0v) is 18.7. The number of nitrogens with zero attached hydrogens (tertiary/aromatic N) is 4. The van der Waals surface area contributed by atoms with Crippen molar-refractivity contribution in [1.82, 2.24) is 19.1 Å². The van der Waals surface area contributed by atoms with E-state index < -0.39 is 16.1 Å². The lowest BCUT2D eigenvalue weighted by molar-refractivity contribution is -0.129. The van der Waals surface area contributed by atoms with Gasteiger partial charge < -0.3 is 9.64 Å². The number of rotatable bonds is 4. The van der Waals surface area contributed by atoms with Gasteiger partial charge in [0.15, 0.2) is 0 Å². The predicted molar refractivity (Wildman–Crippen MR) is 116 cm³/mol. The lowest BCUT2D eigenvalue weighted by Crippen LogP contribution is -2.50. The van der Waals surface area contributed by atoms with Crippen molar-refractivity contribution in [3.05, 3.63) is 54.4 Å². The van der Waals surface area contributed by atoms with E-state index in [1.54, 1.807) is 44.6 Å². The molecule has 0 radical (unpaired) electrons. The molecule has 2 atom stereocenters. The number of likely N-dealkylation sites (tertiary alicyclic amines) is 1. The van der Waals surface area contributed by atoms with Crippen LogP contribution < -0.4 is 4.74 Å². The Morgan fingerprint density at radius 2 is 1.94 bits per heavy atom. The van der Waals surface area contributed by atoms with E-state index in [1.807, 2.05) is 18.3 Å². The third kappa shape index (κ3) is 4.58. The number of pyridine rings is 1. The van der Waals surface area contributed by atoms with Gasteiger partial charge in [0.25, 0.3) is 0 Å². The Balaban J connectivity index is 1.65. The highest BCUT2D eigenvalue weighted by Gasteiger charge is 2.44. The van der Waals surface area contributed by atoms with E-state index in [4.69, 9.17) is 4.74 Å². The summed E-state index contributed by atoms with van der Waals surface area (Å²) in [5, 5.41) is 0. The third-order valence-electron chi connectivity index (χ3n) is 5.90. The number of fused-ring (bicyclic) bond motifs is 2. The van der Waals surface area contributed by atoms with Crippen molar-refractivity contribution in [3.8, 4) is 5.75 Å². The molecule has 0 aliphatic carbocycles. The number of hydrogen-bond acceptors (Lipinski definition) is 6. The molecule has 1 aromatic carbocycles. The smallest absolute Gasteiger partial charge is 0.247 e. The standard InChI is InChI=1S/C22H28N4O4S/c1-24(2)22(27)16-26-18-9-12-25(15-17-6-5-11-23-14-17)13-10-19(18)30-20-7-3-4-8-21(20)31(26,28)29/h3-8,11,14,18-19H,9-10,12-13,15-16H2,1-2H3/t18-,19-/m1/s1. The fourth-order valence-corrected chi connectivity index (χ4v) is 5.95. The molecule has 8 nitrogen and oxygen atoms in total. The molecule has 1 amide bonds. The van der Waals surface area contributed by atoms with Gasteiger partial charge in [-0.1, -0.05) is 18.2 Å². The highest BCUT2D eigenvalue weighted by Crippen LogP contribution is 2.36. The first kappa shape index (κ1) is 21.7. The van der Waals surface area contributed by atoms with Crippen molar-refractivity contribution in [1.29, 1.82) is 0 Å². The summed E-state index contributed by atoms with van der Waals surface area (Å²) in [4.78, 5) is 20.6. The fourth-order valence-electron chi connectivity index (χ4n) is 4.19. The molecule has 1 aromatic heterocycles. The van der Waals surface area contributed by atoms with Crippen LogP contribution in [0.2, 0.25) is 0 Å². The van der Waals surface area contributed by atoms with Crippen molar-refractivity contribution < 1.29 is 17.9 Å². The van der Waals surface area contributed by atoms with Crippen LogP contribution in [0, 0.1) is 0 Å². The van der Waals surface area contributed by atoms with Gasteiger partial charge in [-0.2, -0.15) is 4.31 Å². The van der Waals surface area contributed by atoms with Crippen molar-refractivity contribution in [2.45, 2.75) is 36.4 Å². The minimum atomic E-state index is -3.88. The van der Waals surface area contributed by atoms with Crippen LogP contribution in [0.1, 0.15) is 18.4 Å². The number of likely N-dealkylation sites (N-methyl/N-ethyl adjacent to an activating group) is 1. The van der Waals surface area contributed by atoms with Crippen LogP contribution in [0.3, 0.4) is 0 Å². The largest absolute Gasteiger partial charge is 0.487 e. The average Bonchev–Trinajstić information content (AvgIpc) is 2.99. The van der Waals surface area contributed by atoms with E-state index in [9.17, 15) is 13.2 Å². The maximum absolute atomic E-state index is 13.6. The second kappa shape index (κ2) is 8.94. The molecule has 0 spiro atoms. The molecule has 4 rings (SSSR count). The first-order chi connectivity index (χ1) is 14.9. The lowest BCUT2D eigenvalue weighted by atomic mass is 10.1. The molecule has 0 saturated carbocycles. The lowest BCUT2D eigenvalue weighted by Gasteiger charge is -2.32. The highest BCUT2D eigenvalue weighted by atomic mass is 32.2. The number of sulfonamides is 1. The summed E-state index contributed by atoms with van der Waals surface area (Å²) in [6.07, 6.45) is 4.52. The number of carbonyl (C=O) groups is 1. The average molecular weight is 445 g/mol. The van der Waals surface area contributed by atoms with Gasteiger partial charge in [0.1, 0.15) is 16.7 Å². The quantitative estimate of drug-likeness (QED) is 0.712. The fraction of sp³-hybridized carbons (Fsp3) is 0.455. The number of para-hydroxylation sites is 1. The number of hydrogen-bond donors (Lipinski definition) is 0. The molecule has 0 bridgehead atoms. The van der Waals surface area contributed by atoms with Crippen LogP contribution in [0.15, 0.2) is 53.7 Å². The normalized spacial score (nSPS) is 23.5. The number of aromatic nitrogens is 1. The molecule has 2 aromatic rings. The summed E-state index contributed by atoms with van der Waals surface area (Å²) in [6.45, 7) is 2.02. The van der Waals surface area contributed by atoms with Gasteiger partial charge >= 0.3 is 0 Å². The topological polar surface area (TPSA) is 83.1 Å². The first-order valence-electron chi connectivity index (χ1n) is 10.4. The zero-order valence-electron chi connectivity index (χ0n) is 17.8. The van der Waals surface area contributed by atoms with E-state index in [-0.39, 0.29) is 23.5 Å². The maximum atomic E-state index is 13.6. The molecule has 1 saturated heterocycles. The van der Waals surface area contributed by atoms with Crippen molar-refractivity contribution in [3.63, 3.8) is 0 Å². The van der Waals surface area contributed by atoms with Crippen LogP contribution in [-0.4, -0.2) is 79.3 Å². The Morgan fingerprint density at radius 1 is 1.16 bits per heavy atom. The highest BCUT2D eigenvalue weighted by molar-refractivity contribution is 7.89. The third-order valence-corrected chi connectivity index (χ3v) is 7.81. The van der Waals surface area contributed by atoms with Crippen LogP contribution >= 0.6 is 0 Å². The first-order valence-corrected chi connectivity index (χ1v) is 11.9. The monoisotopic (exact) mass is 444 g/mol. The second-order valence-corrected chi connectivity index (χ2v) is 10.1. The summed E-state index contributed by atoms with van der Waals surface area (Å²) < 4.78 is 34.8. The van der Waals surface area contributed by atoms with Crippen LogP contribution in [-0.2, 0) is 21.4 Å². The second-order valence-electron chi connectivity index (χ2n) is 8.22. The van der Waals surface area contributed by atoms with E-state index in [0.29, 0.717) is 25.1 Å². The number of carbonyl (C=O) groups excluding carboxylic acids is 1. The summed E-state index contributed by atoms with van der Waals surface area (Å²) in [6, 6.07) is 10.2. The number of benzene rings is 1. The van der Waals surface area contributed by atoms with Gasteiger partial charge in [-0.25, -0.2) is 8.42 Å². The van der Waals surface area contributed by atoms with E-state index in [2.05, 4.69) is 9.88 Å². The van der Waals surface area contributed by atoms with Gasteiger partial charge in [-0.15, -0.1) is 0 Å². The molecule has 1 fully saturated rings. The van der Waals surface area contributed by atoms with Crippen molar-refractivity contribution in [2.75, 3.05) is 33.7 Å². The van der Waals surface area contributed by atoms with Gasteiger partial charge in [-0.05, 0) is 36.6 Å². The Labute approximate surface area is 183 Å². The van der Waals surface area contributed by atoms with E-state index >= 15 is 0 Å². The van der Waals surface area contributed by atoms with Gasteiger partial charge in [0, 0.05) is 46.1 Å². The zero-order chi connectivity index (χ0) is 22.0. The van der Waals surface area contributed by atoms with Gasteiger partial charge in [-0.3, -0.25) is 14.7 Å². The van der Waals surface area contributed by atoms with E-state index in [0.717, 1.165) is 18.7 Å². The molecule has 0 N–H and O–H groups in total. The maximum Gasteiger partial charge on any atom is 0.247 e. The predicted octanol–water partition coefficient (Wildman–Crippen LogP) is 1.59. The molecular weight excluding hydrogens is 416 g/mol. The minimum absolute atomic E-state index is 0.127. The summed E-state index contributed by atoms with van der Waals surface area (Å²) in [5.74, 6) is 0.108.